The Balaban J connectivity index is 1.95. The van der Waals surface area contributed by atoms with E-state index in [4.69, 9.17) is 5.73 Å². The number of aliphatic hydroxyl groups is 3. The highest BCUT2D eigenvalue weighted by atomic mass is 16.3. The summed E-state index contributed by atoms with van der Waals surface area (Å²) in [5, 5.41) is 45.7. The van der Waals surface area contributed by atoms with Gasteiger partial charge in [-0.2, -0.15) is 0 Å². The molecule has 222 valence electrons. The number of hydrogen-bond donors (Lipinski definition) is 5. The zero-order chi connectivity index (χ0) is 30.7. The zero-order valence-electron chi connectivity index (χ0n) is 24.1. The van der Waals surface area contributed by atoms with Gasteiger partial charge in [0.25, 0.3) is 5.91 Å². The van der Waals surface area contributed by atoms with E-state index in [1.54, 1.807) is 39.2 Å². The summed E-state index contributed by atoms with van der Waals surface area (Å²) in [6.45, 7) is 4.38. The third-order valence-electron chi connectivity index (χ3n) is 8.38. The highest BCUT2D eigenvalue weighted by Crippen LogP contribution is 2.54. The van der Waals surface area contributed by atoms with Gasteiger partial charge in [0.15, 0.2) is 11.4 Å². The first kappa shape index (κ1) is 30.1. The predicted octanol–water partition coefficient (Wildman–Crippen LogP) is 0.644. The number of aromatic hydroxyl groups is 1. The number of carbonyl (C=O) groups excluding carboxylic acids is 4. The average molecular weight is 571 g/mol. The Morgan fingerprint density at radius 1 is 1.17 bits per heavy atom. The van der Waals surface area contributed by atoms with Gasteiger partial charge in [-0.15, -0.1) is 0 Å². The molecule has 4 rings (SSSR count). The molecule has 0 aliphatic heterocycles. The maximum Gasteiger partial charge on any atom is 0.255 e. The van der Waals surface area contributed by atoms with Crippen molar-refractivity contribution < 1.29 is 39.6 Å². The zero-order valence-corrected chi connectivity index (χ0v) is 24.1. The topological polar surface area (TPSA) is 185 Å². The Morgan fingerprint density at radius 3 is 2.32 bits per heavy atom. The Kier molecular flexibility index (Phi) is 7.70. The summed E-state index contributed by atoms with van der Waals surface area (Å²) in [6, 6.07) is 0.594. The Hall–Kier alpha value is -3.90. The molecule has 0 aromatic heterocycles. The first-order valence-corrected chi connectivity index (χ1v) is 13.5. The van der Waals surface area contributed by atoms with Crippen LogP contribution in [0.3, 0.4) is 0 Å². The molecule has 0 unspecified atom stereocenters. The first-order valence-electron chi connectivity index (χ1n) is 13.5. The number of phenolic OH excluding ortho intramolecular Hbond substituents is 1. The highest BCUT2D eigenvalue weighted by molar-refractivity contribution is 6.24. The number of aliphatic hydroxyl groups excluding tert-OH is 2. The van der Waals surface area contributed by atoms with Crippen molar-refractivity contribution >= 4 is 35.3 Å². The van der Waals surface area contributed by atoms with E-state index in [0.29, 0.717) is 29.8 Å². The SMILES string of the molecule is CC(C)CN(C=O)Cc1cc(N(C)C)c2c(c1O)C(O)=C1C(=O)[C@]3(O)C(O)=C(C(N)=O)C(=O)[C@@H](N(C)C)[C@@H]3C[C@@H]1C2. The Bertz CT molecular complexity index is 1400. The number of anilines is 1. The fourth-order valence-electron chi connectivity index (χ4n) is 6.70. The van der Waals surface area contributed by atoms with Crippen LogP contribution in [0.25, 0.3) is 5.76 Å². The molecule has 0 heterocycles. The van der Waals surface area contributed by atoms with E-state index in [1.165, 1.54) is 9.80 Å². The quantitative estimate of drug-likeness (QED) is 0.219. The van der Waals surface area contributed by atoms with Crippen LogP contribution in [0, 0.1) is 17.8 Å². The fourth-order valence-corrected chi connectivity index (χ4v) is 6.70. The number of carbonyl (C=O) groups is 4. The van der Waals surface area contributed by atoms with E-state index in [0.717, 1.165) is 0 Å². The van der Waals surface area contributed by atoms with Crippen molar-refractivity contribution in [3.05, 3.63) is 39.7 Å². The van der Waals surface area contributed by atoms with E-state index in [-0.39, 0.29) is 42.2 Å². The van der Waals surface area contributed by atoms with Crippen molar-refractivity contribution in [2.45, 2.75) is 44.9 Å². The van der Waals surface area contributed by atoms with Crippen LogP contribution in [0.1, 0.15) is 37.0 Å². The summed E-state index contributed by atoms with van der Waals surface area (Å²) in [6.07, 6.45) is 0.869. The van der Waals surface area contributed by atoms with Crippen LogP contribution in [0.4, 0.5) is 5.69 Å². The minimum Gasteiger partial charge on any atom is -0.508 e. The molecule has 3 aliphatic carbocycles. The summed E-state index contributed by atoms with van der Waals surface area (Å²) in [4.78, 5) is 56.0. The lowest BCUT2D eigenvalue weighted by molar-refractivity contribution is -0.153. The van der Waals surface area contributed by atoms with Gasteiger partial charge in [0.1, 0.15) is 22.8 Å². The molecule has 41 heavy (non-hydrogen) atoms. The largest absolute Gasteiger partial charge is 0.508 e. The van der Waals surface area contributed by atoms with Gasteiger partial charge in [-0.1, -0.05) is 13.8 Å². The minimum atomic E-state index is -2.70. The number of Topliss-reactive ketones (excluding diaryl/α,β-unsaturated/α-hetero) is 2. The standard InChI is InChI=1S/C29H38N4O8/c1-13(2)10-33(12-34)11-15-9-18(31(3)4)16-7-14-8-17-22(32(5)6)25(37)21(28(30)40)27(39)29(17,41)26(38)19(14)24(36)20(16)23(15)35/h9,12-14,17,22,35-36,39,41H,7-8,10-11H2,1-6H3,(H2,30,40)/t14-,17-,22-,29-/m0/s1. The Labute approximate surface area is 238 Å². The number of fused-ring (bicyclic) bond motifs is 3. The van der Waals surface area contributed by atoms with E-state index < -0.39 is 58.0 Å². The number of primary amides is 1. The average Bonchev–Trinajstić information content (AvgIpc) is 2.86. The maximum atomic E-state index is 14.1. The lowest BCUT2D eigenvalue weighted by Crippen LogP contribution is -2.65. The van der Waals surface area contributed by atoms with Crippen LogP contribution in [-0.2, 0) is 32.1 Å². The molecule has 1 aromatic carbocycles. The summed E-state index contributed by atoms with van der Waals surface area (Å²) < 4.78 is 0. The van der Waals surface area contributed by atoms with Gasteiger partial charge in [0.2, 0.25) is 12.2 Å². The lowest BCUT2D eigenvalue weighted by Gasteiger charge is -2.50. The number of likely N-dealkylation sites (N-methyl/N-ethyl adjacent to an activating group) is 1. The van der Waals surface area contributed by atoms with Crippen LogP contribution in [0.15, 0.2) is 23.0 Å². The van der Waals surface area contributed by atoms with Crippen LogP contribution in [-0.4, -0.2) is 100 Å². The molecule has 12 heteroatoms. The highest BCUT2D eigenvalue weighted by Gasteiger charge is 2.64. The fraction of sp³-hybridized carbons (Fsp3) is 0.517. The van der Waals surface area contributed by atoms with Gasteiger partial charge >= 0.3 is 0 Å². The number of amides is 2. The van der Waals surface area contributed by atoms with Crippen molar-refractivity contribution in [3.63, 3.8) is 0 Å². The van der Waals surface area contributed by atoms with Gasteiger partial charge in [-0.25, -0.2) is 0 Å². The number of rotatable bonds is 8. The second-order valence-corrected chi connectivity index (χ2v) is 12.0. The van der Waals surface area contributed by atoms with E-state index >= 15 is 0 Å². The minimum absolute atomic E-state index is 0.00196. The molecule has 12 nitrogen and oxygen atoms in total. The van der Waals surface area contributed by atoms with Gasteiger partial charge in [0.05, 0.1) is 11.6 Å². The molecule has 1 aromatic rings. The molecule has 3 aliphatic rings. The number of benzene rings is 1. The predicted molar refractivity (Wildman–Crippen MR) is 150 cm³/mol. The molecule has 2 amide bonds. The second-order valence-electron chi connectivity index (χ2n) is 12.0. The third-order valence-corrected chi connectivity index (χ3v) is 8.38. The van der Waals surface area contributed by atoms with E-state index in [9.17, 15) is 39.6 Å². The number of phenols is 1. The molecule has 0 saturated heterocycles. The monoisotopic (exact) mass is 570 g/mol. The molecule has 6 N–H and O–H groups in total. The normalized spacial score (nSPS) is 25.7. The smallest absolute Gasteiger partial charge is 0.255 e. The van der Waals surface area contributed by atoms with Gasteiger partial charge in [-0.3, -0.25) is 24.1 Å². The molecule has 1 saturated carbocycles. The summed E-state index contributed by atoms with van der Waals surface area (Å²) in [7, 11) is 6.69. The maximum absolute atomic E-state index is 14.1. The van der Waals surface area contributed by atoms with Crippen LogP contribution >= 0.6 is 0 Å². The number of nitrogens with two attached hydrogens (primary N) is 1. The van der Waals surface area contributed by atoms with Gasteiger partial charge < -0.3 is 36.0 Å². The van der Waals surface area contributed by atoms with Crippen LogP contribution in [0.5, 0.6) is 5.75 Å². The number of nitrogens with zero attached hydrogens (tertiary/aromatic N) is 3. The van der Waals surface area contributed by atoms with Crippen LogP contribution in [0.2, 0.25) is 0 Å². The van der Waals surface area contributed by atoms with E-state index in [1.807, 2.05) is 13.8 Å². The molecular formula is C29H38N4O8. The molecule has 0 radical (unpaired) electrons. The second kappa shape index (κ2) is 10.5. The van der Waals surface area contributed by atoms with Crippen molar-refractivity contribution in [1.82, 2.24) is 9.80 Å². The number of ketones is 2. The summed E-state index contributed by atoms with van der Waals surface area (Å²) in [5.74, 6) is -6.81. The van der Waals surface area contributed by atoms with Gasteiger partial charge in [-0.05, 0) is 50.4 Å². The molecule has 4 atom stereocenters. The molecule has 0 bridgehead atoms. The van der Waals surface area contributed by atoms with Crippen molar-refractivity contribution in [3.8, 4) is 5.75 Å². The number of hydrogen-bond acceptors (Lipinski definition) is 10. The third kappa shape index (κ3) is 4.55. The van der Waals surface area contributed by atoms with Crippen molar-refractivity contribution in [2.24, 2.45) is 23.5 Å². The molecular weight excluding hydrogens is 532 g/mol. The first-order chi connectivity index (χ1) is 19.1. The van der Waals surface area contributed by atoms with Gasteiger partial charge in [0, 0.05) is 49.9 Å². The van der Waals surface area contributed by atoms with Crippen molar-refractivity contribution in [1.29, 1.82) is 0 Å². The molecule has 1 fully saturated rings. The molecule has 0 spiro atoms. The van der Waals surface area contributed by atoms with Crippen LogP contribution < -0.4 is 10.6 Å². The summed E-state index contributed by atoms with van der Waals surface area (Å²) >= 11 is 0. The van der Waals surface area contributed by atoms with E-state index in [2.05, 4.69) is 0 Å². The summed E-state index contributed by atoms with van der Waals surface area (Å²) in [5.41, 5.74) is 3.16. The van der Waals surface area contributed by atoms with Crippen molar-refractivity contribution in [2.75, 3.05) is 39.6 Å². The lowest BCUT2D eigenvalue weighted by atomic mass is 9.57. The Morgan fingerprint density at radius 2 is 1.80 bits per heavy atom.